The van der Waals surface area contributed by atoms with E-state index in [4.69, 9.17) is 16.0 Å². The van der Waals surface area contributed by atoms with Crippen molar-refractivity contribution in [1.82, 2.24) is 15.3 Å². The van der Waals surface area contributed by atoms with Gasteiger partial charge in [-0.15, -0.1) is 0 Å². The lowest BCUT2D eigenvalue weighted by Gasteiger charge is -2.35. The summed E-state index contributed by atoms with van der Waals surface area (Å²) in [5, 5.41) is 13.4. The van der Waals surface area contributed by atoms with Crippen LogP contribution in [0, 0.1) is 12.7 Å². The number of rotatable bonds is 4. The fraction of sp³-hybridized carbons (Fsp3) is 0.316. The maximum Gasteiger partial charge on any atom is 0.416 e. The second-order valence-electron chi connectivity index (χ2n) is 7.26. The minimum atomic E-state index is -4.94. The number of furan rings is 1. The van der Waals surface area contributed by atoms with E-state index in [0.29, 0.717) is 19.0 Å². The summed E-state index contributed by atoms with van der Waals surface area (Å²) in [6.45, 7) is 2.04. The summed E-state index contributed by atoms with van der Waals surface area (Å²) in [5.41, 5.74) is -0.348. The van der Waals surface area contributed by atoms with E-state index in [2.05, 4.69) is 15.3 Å². The van der Waals surface area contributed by atoms with Crippen molar-refractivity contribution >= 4 is 40.2 Å². The number of aliphatic hydroxyl groups excluding tert-OH is 1. The molecule has 0 spiro atoms. The average molecular weight is 474 g/mol. The van der Waals surface area contributed by atoms with Crippen LogP contribution >= 0.6 is 11.6 Å². The van der Waals surface area contributed by atoms with Crippen LogP contribution < -0.4 is 15.5 Å². The fourth-order valence-corrected chi connectivity index (χ4v) is 3.50. The lowest BCUT2D eigenvalue weighted by atomic mass is 10.1. The molecule has 4 rings (SSSR count). The van der Waals surface area contributed by atoms with Crippen LogP contribution in [0.2, 0.25) is 5.02 Å². The molecule has 2 amide bonds. The van der Waals surface area contributed by atoms with Crippen molar-refractivity contribution in [3.8, 4) is 0 Å². The van der Waals surface area contributed by atoms with Crippen LogP contribution in [0.5, 0.6) is 0 Å². The third-order valence-corrected chi connectivity index (χ3v) is 5.12. The quantitative estimate of drug-likeness (QED) is 0.496. The largest absolute Gasteiger partial charge is 0.455 e. The highest BCUT2D eigenvalue weighted by atomic mass is 35.5. The van der Waals surface area contributed by atoms with Gasteiger partial charge in [0.15, 0.2) is 17.4 Å². The van der Waals surface area contributed by atoms with Crippen molar-refractivity contribution in [2.45, 2.75) is 25.2 Å². The molecule has 0 bridgehead atoms. The molecule has 170 valence electrons. The van der Waals surface area contributed by atoms with Crippen molar-refractivity contribution in [1.29, 1.82) is 0 Å². The molecule has 3 heterocycles. The number of aliphatic hydroxyl groups is 1. The third kappa shape index (κ3) is 4.28. The fourth-order valence-electron chi connectivity index (χ4n) is 3.30. The molecule has 1 fully saturated rings. The lowest BCUT2D eigenvalue weighted by Crippen LogP contribution is -2.51. The highest BCUT2D eigenvalue weighted by Gasteiger charge is 2.45. The summed E-state index contributed by atoms with van der Waals surface area (Å²) in [6, 6.07) is -1.53. The first-order chi connectivity index (χ1) is 15.0. The van der Waals surface area contributed by atoms with Gasteiger partial charge in [0.25, 0.3) is 0 Å². The first-order valence-corrected chi connectivity index (χ1v) is 9.68. The smallest absolute Gasteiger partial charge is 0.416 e. The zero-order valence-electron chi connectivity index (χ0n) is 16.4. The number of alkyl halides is 3. The van der Waals surface area contributed by atoms with Gasteiger partial charge < -0.3 is 25.1 Å². The number of carbonyl (C=O) groups is 1. The van der Waals surface area contributed by atoms with Crippen molar-refractivity contribution in [2.24, 2.45) is 0 Å². The Kier molecular flexibility index (Phi) is 5.59. The number of hydrogen-bond acceptors (Lipinski definition) is 6. The first kappa shape index (κ1) is 22.1. The highest BCUT2D eigenvalue weighted by molar-refractivity contribution is 6.31. The molecule has 0 saturated carbocycles. The number of anilines is 2. The summed E-state index contributed by atoms with van der Waals surface area (Å²) in [6.07, 6.45) is -2.96. The molecular weight excluding hydrogens is 458 g/mol. The molecule has 2 aromatic heterocycles. The predicted molar refractivity (Wildman–Crippen MR) is 107 cm³/mol. The maximum absolute atomic E-state index is 14.1. The Morgan fingerprint density at radius 2 is 1.97 bits per heavy atom. The monoisotopic (exact) mass is 473 g/mol. The van der Waals surface area contributed by atoms with Gasteiger partial charge in [-0.3, -0.25) is 0 Å². The second-order valence-corrected chi connectivity index (χ2v) is 7.70. The van der Waals surface area contributed by atoms with Gasteiger partial charge in [-0.05, 0) is 19.1 Å². The molecule has 1 saturated heterocycles. The normalized spacial score (nSPS) is 15.5. The Balaban J connectivity index is 1.53. The van der Waals surface area contributed by atoms with E-state index in [1.54, 1.807) is 10.2 Å². The van der Waals surface area contributed by atoms with E-state index in [1.165, 1.54) is 25.4 Å². The summed E-state index contributed by atoms with van der Waals surface area (Å²) in [5.74, 6) is -1.26. The van der Waals surface area contributed by atoms with Gasteiger partial charge in [-0.1, -0.05) is 11.6 Å². The number of fused-ring (bicyclic) bond motifs is 1. The van der Waals surface area contributed by atoms with E-state index in [9.17, 15) is 27.5 Å². The van der Waals surface area contributed by atoms with E-state index < -0.39 is 41.5 Å². The van der Waals surface area contributed by atoms with Crippen LogP contribution in [-0.2, 0) is 0 Å². The predicted octanol–water partition coefficient (Wildman–Crippen LogP) is 3.93. The molecule has 32 heavy (non-hydrogen) atoms. The molecule has 1 aliphatic rings. The van der Waals surface area contributed by atoms with Gasteiger partial charge in [0.2, 0.25) is 5.95 Å². The van der Waals surface area contributed by atoms with Crippen molar-refractivity contribution in [3.63, 3.8) is 0 Å². The SMILES string of the molecule is Cc1c([C@H](NC(=O)Nc2cnc(N3CC(O)C3)nc2)C(F)(F)F)oc2c(F)cc(Cl)cc12. The number of nitrogens with zero attached hydrogens (tertiary/aromatic N) is 3. The molecule has 0 radical (unpaired) electrons. The van der Waals surface area contributed by atoms with Crippen LogP contribution in [0.4, 0.5) is 34.0 Å². The van der Waals surface area contributed by atoms with Gasteiger partial charge in [0.1, 0.15) is 5.76 Å². The maximum atomic E-state index is 14.1. The molecule has 1 aliphatic heterocycles. The highest BCUT2D eigenvalue weighted by Crippen LogP contribution is 2.39. The zero-order valence-corrected chi connectivity index (χ0v) is 17.1. The molecular formula is C19H16ClF4N5O3. The van der Waals surface area contributed by atoms with Crippen LogP contribution in [-0.4, -0.2) is 46.5 Å². The van der Waals surface area contributed by atoms with E-state index in [-0.39, 0.29) is 21.7 Å². The van der Waals surface area contributed by atoms with Gasteiger partial charge >= 0.3 is 12.2 Å². The second kappa shape index (κ2) is 8.10. The zero-order chi connectivity index (χ0) is 23.2. The number of aryl methyl sites for hydroxylation is 1. The Morgan fingerprint density at radius 3 is 2.56 bits per heavy atom. The molecule has 1 atom stereocenters. The first-order valence-electron chi connectivity index (χ1n) is 9.30. The van der Waals surface area contributed by atoms with Crippen LogP contribution in [0.15, 0.2) is 28.9 Å². The molecule has 0 unspecified atom stereocenters. The van der Waals surface area contributed by atoms with E-state index in [1.807, 2.05) is 0 Å². The minimum absolute atomic E-state index is 0.00380. The van der Waals surface area contributed by atoms with Crippen molar-refractivity contribution in [3.05, 3.63) is 46.7 Å². The average Bonchev–Trinajstić information content (AvgIpc) is 3.00. The number of benzene rings is 1. The molecule has 3 N–H and O–H groups in total. The number of amides is 2. The number of β-amino-alcohol motifs (C(OH)–C–C–N with tert-alkyl or cyclic N) is 1. The van der Waals surface area contributed by atoms with E-state index >= 15 is 0 Å². The molecule has 1 aromatic carbocycles. The van der Waals surface area contributed by atoms with Gasteiger partial charge in [-0.25, -0.2) is 19.2 Å². The number of aromatic nitrogens is 2. The number of urea groups is 1. The van der Waals surface area contributed by atoms with Crippen LogP contribution in [0.1, 0.15) is 17.4 Å². The Morgan fingerprint density at radius 1 is 1.31 bits per heavy atom. The lowest BCUT2D eigenvalue weighted by molar-refractivity contribution is -0.158. The Hall–Kier alpha value is -3.12. The van der Waals surface area contributed by atoms with E-state index in [0.717, 1.165) is 6.07 Å². The summed E-state index contributed by atoms with van der Waals surface area (Å²) >= 11 is 5.79. The number of halogens is 5. The molecule has 3 aromatic rings. The topological polar surface area (TPSA) is 104 Å². The van der Waals surface area contributed by atoms with Crippen LogP contribution in [0.3, 0.4) is 0 Å². The third-order valence-electron chi connectivity index (χ3n) is 4.90. The van der Waals surface area contributed by atoms with Crippen molar-refractivity contribution in [2.75, 3.05) is 23.3 Å². The molecule has 13 heteroatoms. The number of carbonyl (C=O) groups excluding carboxylic acids is 1. The Bertz CT molecular complexity index is 1160. The molecule has 8 nitrogen and oxygen atoms in total. The van der Waals surface area contributed by atoms with Crippen molar-refractivity contribution < 1.29 is 31.9 Å². The standard InChI is InChI=1S/C19H16ClF4N5O3/c1-8-12-2-9(20)3-13(21)15(12)32-14(8)16(19(22,23)24)28-18(31)27-10-4-25-17(26-5-10)29-6-11(30)7-29/h2-5,11,16,30H,6-7H2,1H3,(H2,27,28,31)/t16-/m0/s1. The van der Waals surface area contributed by atoms with Crippen LogP contribution in [0.25, 0.3) is 11.0 Å². The molecule has 0 aliphatic carbocycles. The van der Waals surface area contributed by atoms with Gasteiger partial charge in [-0.2, -0.15) is 13.2 Å². The minimum Gasteiger partial charge on any atom is -0.455 e. The summed E-state index contributed by atoms with van der Waals surface area (Å²) in [7, 11) is 0. The Labute approximate surface area is 183 Å². The number of nitrogens with one attached hydrogen (secondary N) is 2. The summed E-state index contributed by atoms with van der Waals surface area (Å²) in [4.78, 5) is 21.9. The van der Waals surface area contributed by atoms with Gasteiger partial charge in [0, 0.05) is 29.1 Å². The number of hydrogen-bond donors (Lipinski definition) is 3. The van der Waals surface area contributed by atoms with Gasteiger partial charge in [0.05, 0.1) is 24.2 Å². The summed E-state index contributed by atoms with van der Waals surface area (Å²) < 4.78 is 60.5.